The molecule has 5 nitrogen and oxygen atoms in total. The van der Waals surface area contributed by atoms with Crippen LogP contribution in [0.3, 0.4) is 0 Å². The molecule has 0 atom stereocenters. The molecular weight excluding hydrogens is 364 g/mol. The summed E-state index contributed by atoms with van der Waals surface area (Å²) in [7, 11) is 0. The van der Waals surface area contributed by atoms with Crippen LogP contribution in [-0.4, -0.2) is 19.1 Å². The molecule has 0 fully saturated rings. The van der Waals surface area contributed by atoms with Gasteiger partial charge in [0.15, 0.2) is 11.5 Å². The maximum Gasteiger partial charge on any atom is 0.266 e. The van der Waals surface area contributed by atoms with E-state index in [2.05, 4.69) is 12.2 Å². The Morgan fingerprint density at radius 3 is 2.62 bits per heavy atom. The number of carbonyl (C=O) groups excluding carboxylic acids is 1. The number of rotatable bonds is 9. The largest absolute Gasteiger partial charge is 0.490 e. The van der Waals surface area contributed by atoms with Gasteiger partial charge in [-0.3, -0.25) is 4.79 Å². The van der Waals surface area contributed by atoms with Gasteiger partial charge in [-0.05, 0) is 68.2 Å². The van der Waals surface area contributed by atoms with E-state index < -0.39 is 5.91 Å². The van der Waals surface area contributed by atoms with Crippen molar-refractivity contribution in [2.45, 2.75) is 40.5 Å². The summed E-state index contributed by atoms with van der Waals surface area (Å²) in [5.41, 5.74) is 3.47. The first kappa shape index (κ1) is 22.0. The van der Waals surface area contributed by atoms with Gasteiger partial charge in [0.25, 0.3) is 5.91 Å². The highest BCUT2D eigenvalue weighted by molar-refractivity contribution is 6.10. The lowest BCUT2D eigenvalue weighted by Gasteiger charge is -2.13. The number of benzene rings is 2. The van der Waals surface area contributed by atoms with Gasteiger partial charge in [0, 0.05) is 5.69 Å². The maximum absolute atomic E-state index is 12.6. The summed E-state index contributed by atoms with van der Waals surface area (Å²) >= 11 is 0. The Morgan fingerprint density at radius 2 is 1.93 bits per heavy atom. The number of carbonyl (C=O) groups is 1. The van der Waals surface area contributed by atoms with E-state index >= 15 is 0 Å². The molecule has 2 aromatic rings. The zero-order valence-electron chi connectivity index (χ0n) is 17.5. The lowest BCUT2D eigenvalue weighted by Crippen LogP contribution is -2.14. The average molecular weight is 392 g/mol. The number of nitrogens with one attached hydrogen (secondary N) is 1. The molecule has 0 bridgehead atoms. The Hall–Kier alpha value is -3.26. The van der Waals surface area contributed by atoms with Gasteiger partial charge in [-0.25, -0.2) is 0 Å². The highest BCUT2D eigenvalue weighted by Crippen LogP contribution is 2.30. The third-order valence-electron chi connectivity index (χ3n) is 4.55. The number of unbranched alkanes of at least 4 members (excludes halogenated alkanes) is 1. The first-order valence-electron chi connectivity index (χ1n) is 9.89. The van der Waals surface area contributed by atoms with Crippen molar-refractivity contribution in [1.29, 1.82) is 5.26 Å². The van der Waals surface area contributed by atoms with Gasteiger partial charge in [-0.2, -0.15) is 5.26 Å². The molecule has 0 aliphatic carbocycles. The van der Waals surface area contributed by atoms with Crippen LogP contribution in [0.2, 0.25) is 0 Å². The summed E-state index contributed by atoms with van der Waals surface area (Å²) in [6, 6.07) is 13.1. The van der Waals surface area contributed by atoms with Crippen molar-refractivity contribution >= 4 is 17.7 Å². The summed E-state index contributed by atoms with van der Waals surface area (Å²) < 4.78 is 11.4. The van der Waals surface area contributed by atoms with Gasteiger partial charge in [0.05, 0.1) is 13.2 Å². The first-order valence-corrected chi connectivity index (χ1v) is 9.89. The molecule has 0 saturated heterocycles. The molecule has 29 heavy (non-hydrogen) atoms. The Balaban J connectivity index is 2.24. The van der Waals surface area contributed by atoms with Crippen molar-refractivity contribution in [2.75, 3.05) is 18.5 Å². The van der Waals surface area contributed by atoms with E-state index in [4.69, 9.17) is 9.47 Å². The predicted octanol–water partition coefficient (Wildman–Crippen LogP) is 5.43. The number of aryl methyl sites for hydroxylation is 1. The number of ether oxygens (including phenoxy) is 2. The molecule has 0 aliphatic rings. The van der Waals surface area contributed by atoms with Crippen LogP contribution >= 0.6 is 0 Å². The van der Waals surface area contributed by atoms with Crippen molar-refractivity contribution in [3.8, 4) is 17.6 Å². The van der Waals surface area contributed by atoms with Gasteiger partial charge in [-0.1, -0.05) is 31.5 Å². The molecular formula is C24H28N2O3. The third-order valence-corrected chi connectivity index (χ3v) is 4.55. The summed E-state index contributed by atoms with van der Waals surface area (Å²) in [4.78, 5) is 12.6. The summed E-state index contributed by atoms with van der Waals surface area (Å²) in [6.07, 6.45) is 3.56. The van der Waals surface area contributed by atoms with Crippen molar-refractivity contribution < 1.29 is 14.3 Å². The van der Waals surface area contributed by atoms with Gasteiger partial charge >= 0.3 is 0 Å². The molecule has 0 unspecified atom stereocenters. The molecule has 0 spiro atoms. The normalized spacial score (nSPS) is 10.9. The first-order chi connectivity index (χ1) is 14.0. The molecule has 0 radical (unpaired) electrons. The topological polar surface area (TPSA) is 71.3 Å². The SMILES string of the molecule is CCCCOc1ccc(/C=C(/C#N)C(=O)Nc2cccc(C)c2C)cc1OCC. The lowest BCUT2D eigenvalue weighted by atomic mass is 10.1. The number of amides is 1. The zero-order valence-corrected chi connectivity index (χ0v) is 17.5. The quantitative estimate of drug-likeness (QED) is 0.351. The van der Waals surface area contributed by atoms with Crippen molar-refractivity contribution in [1.82, 2.24) is 0 Å². The molecule has 0 saturated carbocycles. The van der Waals surface area contributed by atoms with E-state index in [1.807, 2.05) is 57.2 Å². The van der Waals surface area contributed by atoms with Crippen molar-refractivity contribution in [3.63, 3.8) is 0 Å². The standard InChI is InChI=1S/C24H28N2O3/c1-5-7-13-29-22-12-11-19(15-23(22)28-6-2)14-20(16-25)24(27)26-21-10-8-9-17(3)18(21)4/h8-12,14-15H,5-7,13H2,1-4H3,(H,26,27)/b20-14-. The monoisotopic (exact) mass is 392 g/mol. The summed E-state index contributed by atoms with van der Waals surface area (Å²) in [5.74, 6) is 0.822. The molecule has 152 valence electrons. The molecule has 0 aliphatic heterocycles. The fourth-order valence-electron chi connectivity index (χ4n) is 2.72. The summed E-state index contributed by atoms with van der Waals surface area (Å²) in [5, 5.41) is 12.3. The predicted molar refractivity (Wildman–Crippen MR) is 116 cm³/mol. The highest BCUT2D eigenvalue weighted by atomic mass is 16.5. The van der Waals surface area contributed by atoms with Crippen LogP contribution < -0.4 is 14.8 Å². The van der Waals surface area contributed by atoms with Crippen LogP contribution in [0, 0.1) is 25.2 Å². The molecule has 5 heteroatoms. The van der Waals surface area contributed by atoms with Crippen LogP contribution in [0.5, 0.6) is 11.5 Å². The van der Waals surface area contributed by atoms with E-state index in [1.165, 1.54) is 0 Å². The Kier molecular flexibility index (Phi) is 8.29. The minimum Gasteiger partial charge on any atom is -0.490 e. The van der Waals surface area contributed by atoms with Crippen LogP contribution in [0.4, 0.5) is 5.69 Å². The Labute approximate surface area is 173 Å². The molecule has 2 rings (SSSR count). The third kappa shape index (κ3) is 6.11. The number of anilines is 1. The van der Waals surface area contributed by atoms with E-state index in [0.717, 1.165) is 24.0 Å². The van der Waals surface area contributed by atoms with Gasteiger partial charge in [0.2, 0.25) is 0 Å². The minimum absolute atomic E-state index is 0.0213. The van der Waals surface area contributed by atoms with Gasteiger partial charge < -0.3 is 14.8 Å². The second-order valence-corrected chi connectivity index (χ2v) is 6.71. The maximum atomic E-state index is 12.6. The molecule has 0 heterocycles. The smallest absolute Gasteiger partial charge is 0.266 e. The van der Waals surface area contributed by atoms with E-state index in [-0.39, 0.29) is 5.57 Å². The van der Waals surface area contributed by atoms with Crippen LogP contribution in [0.1, 0.15) is 43.4 Å². The van der Waals surface area contributed by atoms with E-state index in [1.54, 1.807) is 12.1 Å². The van der Waals surface area contributed by atoms with Crippen molar-refractivity contribution in [3.05, 3.63) is 58.7 Å². The lowest BCUT2D eigenvalue weighted by molar-refractivity contribution is -0.112. The van der Waals surface area contributed by atoms with E-state index in [9.17, 15) is 10.1 Å². The van der Waals surface area contributed by atoms with Gasteiger partial charge in [-0.15, -0.1) is 0 Å². The number of hydrogen-bond donors (Lipinski definition) is 1. The Bertz CT molecular complexity index is 926. The second-order valence-electron chi connectivity index (χ2n) is 6.71. The van der Waals surface area contributed by atoms with E-state index in [0.29, 0.717) is 36.0 Å². The highest BCUT2D eigenvalue weighted by Gasteiger charge is 2.13. The average Bonchev–Trinajstić information content (AvgIpc) is 2.71. The fraction of sp³-hybridized carbons (Fsp3) is 0.333. The zero-order chi connectivity index (χ0) is 21.2. The van der Waals surface area contributed by atoms with Crippen LogP contribution in [-0.2, 0) is 4.79 Å². The molecule has 0 aromatic heterocycles. The molecule has 1 N–H and O–H groups in total. The van der Waals surface area contributed by atoms with Crippen LogP contribution in [0.25, 0.3) is 6.08 Å². The minimum atomic E-state index is -0.442. The van der Waals surface area contributed by atoms with Crippen LogP contribution in [0.15, 0.2) is 42.0 Å². The fourth-order valence-corrected chi connectivity index (χ4v) is 2.72. The Morgan fingerprint density at radius 1 is 1.14 bits per heavy atom. The number of hydrogen-bond acceptors (Lipinski definition) is 4. The molecule has 2 aromatic carbocycles. The van der Waals surface area contributed by atoms with Crippen molar-refractivity contribution in [2.24, 2.45) is 0 Å². The second kappa shape index (κ2) is 10.9. The number of nitriles is 1. The molecule has 1 amide bonds. The number of nitrogens with zero attached hydrogens (tertiary/aromatic N) is 1. The summed E-state index contributed by atoms with van der Waals surface area (Å²) in [6.45, 7) is 9.03. The van der Waals surface area contributed by atoms with Gasteiger partial charge in [0.1, 0.15) is 11.6 Å².